The molecule has 0 fully saturated rings. The molecule has 1 aromatic heterocycles. The standard InChI is InChI=1S/C17H23N5O2/c1-10(2)18-17(24)19-14-8-6-13(7-9-14)16(23)20-15-11(3)12(4)21-22(15)5/h6-10H,1-5H3,(H,20,23)(H2,18,19,24). The van der Waals surface area contributed by atoms with Gasteiger partial charge < -0.3 is 16.0 Å². The van der Waals surface area contributed by atoms with E-state index in [1.54, 1.807) is 36.0 Å². The van der Waals surface area contributed by atoms with Gasteiger partial charge in [0.2, 0.25) is 0 Å². The minimum atomic E-state index is -0.275. The minimum absolute atomic E-state index is 0.0562. The molecule has 24 heavy (non-hydrogen) atoms. The monoisotopic (exact) mass is 329 g/mol. The molecular weight excluding hydrogens is 306 g/mol. The van der Waals surface area contributed by atoms with Gasteiger partial charge in [0.25, 0.3) is 5.91 Å². The molecule has 0 saturated heterocycles. The lowest BCUT2D eigenvalue weighted by Gasteiger charge is -2.11. The highest BCUT2D eigenvalue weighted by molar-refractivity contribution is 6.04. The highest BCUT2D eigenvalue weighted by Gasteiger charge is 2.13. The number of carbonyl (C=O) groups excluding carboxylic acids is 2. The number of hydrogen-bond donors (Lipinski definition) is 3. The van der Waals surface area contributed by atoms with Crippen LogP contribution in [0.1, 0.15) is 35.5 Å². The van der Waals surface area contributed by atoms with E-state index in [1.807, 2.05) is 27.7 Å². The molecule has 7 heteroatoms. The molecule has 1 aromatic carbocycles. The van der Waals surface area contributed by atoms with Gasteiger partial charge in [0.05, 0.1) is 5.69 Å². The predicted octanol–water partition coefficient (Wildman–Crippen LogP) is 2.82. The molecule has 128 valence electrons. The maximum absolute atomic E-state index is 12.4. The Labute approximate surface area is 141 Å². The molecule has 0 aliphatic carbocycles. The van der Waals surface area contributed by atoms with Gasteiger partial charge in [-0.3, -0.25) is 9.48 Å². The van der Waals surface area contributed by atoms with Crippen LogP contribution in [0.25, 0.3) is 0 Å². The highest BCUT2D eigenvalue weighted by Crippen LogP contribution is 2.18. The summed E-state index contributed by atoms with van der Waals surface area (Å²) in [5, 5.41) is 12.6. The van der Waals surface area contributed by atoms with E-state index in [1.165, 1.54) is 0 Å². The maximum Gasteiger partial charge on any atom is 0.319 e. The number of amides is 3. The molecule has 0 saturated carbocycles. The quantitative estimate of drug-likeness (QED) is 0.806. The number of carbonyl (C=O) groups is 2. The summed E-state index contributed by atoms with van der Waals surface area (Å²) in [5.74, 6) is 0.454. The fourth-order valence-electron chi connectivity index (χ4n) is 2.25. The lowest BCUT2D eigenvalue weighted by molar-refractivity contribution is 0.102. The number of aromatic nitrogens is 2. The SMILES string of the molecule is Cc1nn(C)c(NC(=O)c2ccc(NC(=O)NC(C)C)cc2)c1C. The van der Waals surface area contributed by atoms with Gasteiger partial charge in [-0.2, -0.15) is 5.10 Å². The lowest BCUT2D eigenvalue weighted by Crippen LogP contribution is -2.34. The zero-order chi connectivity index (χ0) is 17.9. The van der Waals surface area contributed by atoms with Gasteiger partial charge in [0.15, 0.2) is 0 Å². The molecular formula is C17H23N5O2. The normalized spacial score (nSPS) is 10.6. The molecule has 0 bridgehead atoms. The summed E-state index contributed by atoms with van der Waals surface area (Å²) in [5.41, 5.74) is 2.94. The number of nitrogens with zero attached hydrogens (tertiary/aromatic N) is 2. The molecule has 2 aromatic rings. The van der Waals surface area contributed by atoms with Crippen LogP contribution in [0.3, 0.4) is 0 Å². The van der Waals surface area contributed by atoms with Crippen LogP contribution in [-0.4, -0.2) is 27.8 Å². The van der Waals surface area contributed by atoms with Gasteiger partial charge in [0.1, 0.15) is 5.82 Å². The number of rotatable bonds is 4. The number of nitrogens with one attached hydrogen (secondary N) is 3. The van der Waals surface area contributed by atoms with Crippen LogP contribution in [0.2, 0.25) is 0 Å². The Balaban J connectivity index is 2.05. The van der Waals surface area contributed by atoms with Crippen molar-refractivity contribution in [2.75, 3.05) is 10.6 Å². The zero-order valence-electron chi connectivity index (χ0n) is 14.6. The van der Waals surface area contributed by atoms with Crippen LogP contribution < -0.4 is 16.0 Å². The smallest absolute Gasteiger partial charge is 0.319 e. The number of hydrogen-bond acceptors (Lipinski definition) is 3. The van der Waals surface area contributed by atoms with E-state index in [0.29, 0.717) is 17.1 Å². The zero-order valence-corrected chi connectivity index (χ0v) is 14.6. The minimum Gasteiger partial charge on any atom is -0.336 e. The molecule has 3 N–H and O–H groups in total. The van der Waals surface area contributed by atoms with E-state index < -0.39 is 0 Å². The summed E-state index contributed by atoms with van der Waals surface area (Å²) in [6.45, 7) is 7.58. The van der Waals surface area contributed by atoms with E-state index in [0.717, 1.165) is 11.3 Å². The van der Waals surface area contributed by atoms with Crippen molar-refractivity contribution in [1.82, 2.24) is 15.1 Å². The van der Waals surface area contributed by atoms with Crippen molar-refractivity contribution in [3.8, 4) is 0 Å². The third kappa shape index (κ3) is 4.13. The van der Waals surface area contributed by atoms with Crippen LogP contribution in [0, 0.1) is 13.8 Å². The molecule has 0 unspecified atom stereocenters. The average molecular weight is 329 g/mol. The summed E-state index contributed by atoms with van der Waals surface area (Å²) >= 11 is 0. The topological polar surface area (TPSA) is 88.1 Å². The van der Waals surface area contributed by atoms with Crippen LogP contribution >= 0.6 is 0 Å². The average Bonchev–Trinajstić information content (AvgIpc) is 2.73. The van der Waals surface area contributed by atoms with Crippen molar-refractivity contribution in [2.24, 2.45) is 7.05 Å². The summed E-state index contributed by atoms with van der Waals surface area (Å²) < 4.78 is 1.65. The molecule has 0 radical (unpaired) electrons. The Hall–Kier alpha value is -2.83. The third-order valence-corrected chi connectivity index (χ3v) is 3.58. The van der Waals surface area contributed by atoms with Gasteiger partial charge in [-0.25, -0.2) is 4.79 Å². The largest absolute Gasteiger partial charge is 0.336 e. The van der Waals surface area contributed by atoms with Crippen molar-refractivity contribution >= 4 is 23.4 Å². The van der Waals surface area contributed by atoms with E-state index in [9.17, 15) is 9.59 Å². The first kappa shape index (κ1) is 17.5. The molecule has 0 spiro atoms. The van der Waals surface area contributed by atoms with Crippen LogP contribution in [0.15, 0.2) is 24.3 Å². The van der Waals surface area contributed by atoms with Crippen molar-refractivity contribution in [2.45, 2.75) is 33.7 Å². The third-order valence-electron chi connectivity index (χ3n) is 3.58. The van der Waals surface area contributed by atoms with Crippen molar-refractivity contribution in [3.63, 3.8) is 0 Å². The van der Waals surface area contributed by atoms with Crippen molar-refractivity contribution in [3.05, 3.63) is 41.1 Å². The molecule has 3 amide bonds. The number of benzene rings is 1. The number of aryl methyl sites for hydroxylation is 2. The molecule has 2 rings (SSSR count). The fourth-order valence-corrected chi connectivity index (χ4v) is 2.25. The molecule has 0 atom stereocenters. The number of anilines is 2. The summed E-state index contributed by atoms with van der Waals surface area (Å²) in [6, 6.07) is 6.49. The fraction of sp³-hybridized carbons (Fsp3) is 0.353. The van der Waals surface area contributed by atoms with Gasteiger partial charge in [0, 0.05) is 29.9 Å². The Morgan fingerprint density at radius 2 is 1.71 bits per heavy atom. The Morgan fingerprint density at radius 3 is 2.21 bits per heavy atom. The Kier molecular flexibility index (Phi) is 5.23. The Bertz CT molecular complexity index is 747. The first-order valence-electron chi connectivity index (χ1n) is 7.77. The summed E-state index contributed by atoms with van der Waals surface area (Å²) in [4.78, 5) is 24.0. The predicted molar refractivity (Wildman–Crippen MR) is 94.4 cm³/mol. The maximum atomic E-state index is 12.4. The first-order chi connectivity index (χ1) is 11.3. The van der Waals surface area contributed by atoms with E-state index in [2.05, 4.69) is 21.0 Å². The van der Waals surface area contributed by atoms with Gasteiger partial charge in [-0.15, -0.1) is 0 Å². The summed E-state index contributed by atoms with van der Waals surface area (Å²) in [7, 11) is 1.79. The van der Waals surface area contributed by atoms with Crippen LogP contribution in [0.4, 0.5) is 16.3 Å². The van der Waals surface area contributed by atoms with Gasteiger partial charge in [-0.1, -0.05) is 0 Å². The van der Waals surface area contributed by atoms with Crippen molar-refractivity contribution in [1.29, 1.82) is 0 Å². The van der Waals surface area contributed by atoms with Crippen LogP contribution in [-0.2, 0) is 7.05 Å². The highest BCUT2D eigenvalue weighted by atomic mass is 16.2. The second-order valence-electron chi connectivity index (χ2n) is 5.97. The molecule has 7 nitrogen and oxygen atoms in total. The van der Waals surface area contributed by atoms with Crippen LogP contribution in [0.5, 0.6) is 0 Å². The summed E-state index contributed by atoms with van der Waals surface area (Å²) in [6.07, 6.45) is 0. The second kappa shape index (κ2) is 7.16. The lowest BCUT2D eigenvalue weighted by atomic mass is 10.2. The van der Waals surface area contributed by atoms with Gasteiger partial charge in [-0.05, 0) is 52.0 Å². The molecule has 0 aliphatic rings. The Morgan fingerprint density at radius 1 is 1.08 bits per heavy atom. The number of urea groups is 1. The van der Waals surface area contributed by atoms with E-state index >= 15 is 0 Å². The van der Waals surface area contributed by atoms with Crippen molar-refractivity contribution < 1.29 is 9.59 Å². The first-order valence-corrected chi connectivity index (χ1v) is 7.77. The van der Waals surface area contributed by atoms with E-state index in [-0.39, 0.29) is 18.0 Å². The molecule has 1 heterocycles. The molecule has 0 aliphatic heterocycles. The van der Waals surface area contributed by atoms with E-state index in [4.69, 9.17) is 0 Å². The second-order valence-corrected chi connectivity index (χ2v) is 5.97. The van der Waals surface area contributed by atoms with Gasteiger partial charge >= 0.3 is 6.03 Å².